The van der Waals surface area contributed by atoms with Crippen molar-refractivity contribution in [3.8, 4) is 0 Å². The number of anilines is 2. The number of aryl methyl sites for hydroxylation is 1. The molecule has 0 atom stereocenters. The van der Waals surface area contributed by atoms with E-state index in [-0.39, 0.29) is 12.5 Å². The molecule has 2 rings (SSSR count). The van der Waals surface area contributed by atoms with Crippen LogP contribution < -0.4 is 10.2 Å². The predicted octanol–water partition coefficient (Wildman–Crippen LogP) is 4.22. The first kappa shape index (κ1) is 15.6. The number of likely N-dealkylation sites (N-methyl/N-ethyl adjacent to an activating group) is 1. The maximum atomic E-state index is 12.4. The highest BCUT2D eigenvalue weighted by Crippen LogP contribution is 2.21. The highest BCUT2D eigenvalue weighted by atomic mass is 79.9. The van der Waals surface area contributed by atoms with E-state index in [1.807, 2.05) is 62.4 Å². The third kappa shape index (κ3) is 4.08. The third-order valence-corrected chi connectivity index (χ3v) is 3.93. The second kappa shape index (κ2) is 7.27. The van der Waals surface area contributed by atoms with E-state index in [1.165, 1.54) is 0 Å². The zero-order valence-corrected chi connectivity index (χ0v) is 13.9. The second-order valence-electron chi connectivity index (χ2n) is 4.81. The van der Waals surface area contributed by atoms with Crippen molar-refractivity contribution < 1.29 is 4.79 Å². The first-order valence-electron chi connectivity index (χ1n) is 6.97. The van der Waals surface area contributed by atoms with Gasteiger partial charge in [0.2, 0.25) is 5.91 Å². The molecule has 0 unspecified atom stereocenters. The van der Waals surface area contributed by atoms with Crippen LogP contribution in [0.1, 0.15) is 12.5 Å². The molecule has 0 heterocycles. The minimum atomic E-state index is 0.0545. The Balaban J connectivity index is 2.06. The minimum Gasteiger partial charge on any atom is -0.375 e. The van der Waals surface area contributed by atoms with Gasteiger partial charge in [0.1, 0.15) is 0 Å². The smallest absolute Gasteiger partial charge is 0.246 e. The van der Waals surface area contributed by atoms with Gasteiger partial charge in [0.05, 0.1) is 6.54 Å². The van der Waals surface area contributed by atoms with E-state index in [0.29, 0.717) is 6.54 Å². The van der Waals surface area contributed by atoms with Crippen LogP contribution in [-0.4, -0.2) is 19.0 Å². The fourth-order valence-corrected chi connectivity index (χ4v) is 2.59. The van der Waals surface area contributed by atoms with Crippen LogP contribution in [0, 0.1) is 6.92 Å². The summed E-state index contributed by atoms with van der Waals surface area (Å²) in [7, 11) is 0. The second-order valence-corrected chi connectivity index (χ2v) is 5.66. The lowest BCUT2D eigenvalue weighted by Crippen LogP contribution is -2.35. The summed E-state index contributed by atoms with van der Waals surface area (Å²) in [5, 5.41) is 3.17. The minimum absolute atomic E-state index is 0.0545. The normalized spacial score (nSPS) is 10.2. The van der Waals surface area contributed by atoms with E-state index >= 15 is 0 Å². The molecule has 4 heteroatoms. The number of halogens is 1. The Morgan fingerprint density at radius 2 is 1.95 bits per heavy atom. The predicted molar refractivity (Wildman–Crippen MR) is 91.8 cm³/mol. The summed E-state index contributed by atoms with van der Waals surface area (Å²) in [4.78, 5) is 14.2. The van der Waals surface area contributed by atoms with Crippen LogP contribution in [-0.2, 0) is 4.79 Å². The summed E-state index contributed by atoms with van der Waals surface area (Å²) in [5.74, 6) is 0.0545. The molecular weight excluding hydrogens is 328 g/mol. The molecular formula is C17H19BrN2O. The Bertz CT molecular complexity index is 628. The van der Waals surface area contributed by atoms with Gasteiger partial charge < -0.3 is 10.2 Å². The lowest BCUT2D eigenvalue weighted by molar-refractivity contribution is -0.116. The largest absolute Gasteiger partial charge is 0.375 e. The van der Waals surface area contributed by atoms with Crippen molar-refractivity contribution in [2.75, 3.05) is 23.3 Å². The van der Waals surface area contributed by atoms with Gasteiger partial charge in [-0.05, 0) is 59.6 Å². The molecule has 110 valence electrons. The molecule has 3 nitrogen and oxygen atoms in total. The first-order chi connectivity index (χ1) is 10.1. The summed E-state index contributed by atoms with van der Waals surface area (Å²) in [5.41, 5.74) is 3.01. The van der Waals surface area contributed by atoms with Crippen molar-refractivity contribution in [2.24, 2.45) is 0 Å². The van der Waals surface area contributed by atoms with Gasteiger partial charge in [0.15, 0.2) is 0 Å². The van der Waals surface area contributed by atoms with E-state index in [4.69, 9.17) is 0 Å². The molecule has 1 N–H and O–H groups in total. The Morgan fingerprint density at radius 3 is 2.62 bits per heavy atom. The van der Waals surface area contributed by atoms with Crippen LogP contribution in [0.3, 0.4) is 0 Å². The highest BCUT2D eigenvalue weighted by molar-refractivity contribution is 9.10. The van der Waals surface area contributed by atoms with Crippen LogP contribution >= 0.6 is 15.9 Å². The number of benzene rings is 2. The van der Waals surface area contributed by atoms with Crippen molar-refractivity contribution in [2.45, 2.75) is 13.8 Å². The van der Waals surface area contributed by atoms with Gasteiger partial charge in [-0.25, -0.2) is 0 Å². The molecule has 0 radical (unpaired) electrons. The molecule has 0 aliphatic heterocycles. The van der Waals surface area contributed by atoms with Gasteiger partial charge in [-0.1, -0.05) is 24.3 Å². The summed E-state index contributed by atoms with van der Waals surface area (Å²) < 4.78 is 0.955. The number of carbonyl (C=O) groups is 1. The molecule has 0 spiro atoms. The number of carbonyl (C=O) groups excluding carboxylic acids is 1. The maximum absolute atomic E-state index is 12.4. The van der Waals surface area contributed by atoms with Gasteiger partial charge in [-0.15, -0.1) is 0 Å². The molecule has 21 heavy (non-hydrogen) atoms. The zero-order chi connectivity index (χ0) is 15.2. The Kier molecular flexibility index (Phi) is 5.39. The summed E-state index contributed by atoms with van der Waals surface area (Å²) in [6.07, 6.45) is 0. The van der Waals surface area contributed by atoms with Crippen molar-refractivity contribution in [1.29, 1.82) is 0 Å². The maximum Gasteiger partial charge on any atom is 0.246 e. The van der Waals surface area contributed by atoms with Gasteiger partial charge in [0.25, 0.3) is 0 Å². The van der Waals surface area contributed by atoms with Gasteiger partial charge in [0, 0.05) is 22.4 Å². The number of hydrogen-bond acceptors (Lipinski definition) is 2. The Morgan fingerprint density at radius 1 is 1.19 bits per heavy atom. The van der Waals surface area contributed by atoms with E-state index < -0.39 is 0 Å². The molecule has 2 aromatic carbocycles. The van der Waals surface area contributed by atoms with E-state index in [9.17, 15) is 4.79 Å². The number of rotatable bonds is 5. The molecule has 0 aromatic heterocycles. The van der Waals surface area contributed by atoms with E-state index in [0.717, 1.165) is 21.4 Å². The molecule has 0 aliphatic rings. The van der Waals surface area contributed by atoms with Crippen molar-refractivity contribution in [1.82, 2.24) is 0 Å². The average Bonchev–Trinajstić information content (AvgIpc) is 2.47. The molecule has 0 fully saturated rings. The standard InChI is InChI=1S/C17H19BrN2O/c1-3-20(14-8-6-7-13(2)11-14)17(21)12-19-16-10-5-4-9-15(16)18/h4-11,19H,3,12H2,1-2H3. The van der Waals surface area contributed by atoms with Crippen LogP contribution in [0.25, 0.3) is 0 Å². The average molecular weight is 347 g/mol. The van der Waals surface area contributed by atoms with Crippen LogP contribution in [0.4, 0.5) is 11.4 Å². The quantitative estimate of drug-likeness (QED) is 0.878. The molecule has 0 saturated heterocycles. The van der Waals surface area contributed by atoms with E-state index in [2.05, 4.69) is 21.2 Å². The number of nitrogens with zero attached hydrogens (tertiary/aromatic N) is 1. The van der Waals surface area contributed by atoms with Crippen LogP contribution in [0.5, 0.6) is 0 Å². The molecule has 0 saturated carbocycles. The van der Waals surface area contributed by atoms with Gasteiger partial charge in [-0.3, -0.25) is 4.79 Å². The van der Waals surface area contributed by atoms with Gasteiger partial charge in [-0.2, -0.15) is 0 Å². The van der Waals surface area contributed by atoms with Crippen molar-refractivity contribution >= 4 is 33.2 Å². The number of nitrogens with one attached hydrogen (secondary N) is 1. The lowest BCUT2D eigenvalue weighted by atomic mass is 10.2. The fraction of sp³-hybridized carbons (Fsp3) is 0.235. The van der Waals surface area contributed by atoms with E-state index in [1.54, 1.807) is 4.90 Å². The number of para-hydroxylation sites is 1. The molecule has 1 amide bonds. The number of amides is 1. The Hall–Kier alpha value is -1.81. The highest BCUT2D eigenvalue weighted by Gasteiger charge is 2.13. The lowest BCUT2D eigenvalue weighted by Gasteiger charge is -2.22. The van der Waals surface area contributed by atoms with Crippen LogP contribution in [0.2, 0.25) is 0 Å². The zero-order valence-electron chi connectivity index (χ0n) is 12.3. The first-order valence-corrected chi connectivity index (χ1v) is 7.76. The fourth-order valence-electron chi connectivity index (χ4n) is 2.17. The summed E-state index contributed by atoms with van der Waals surface area (Å²) >= 11 is 3.47. The Labute approximate surface area is 134 Å². The topological polar surface area (TPSA) is 32.3 Å². The number of hydrogen-bond donors (Lipinski definition) is 1. The molecule has 0 bridgehead atoms. The van der Waals surface area contributed by atoms with Crippen molar-refractivity contribution in [3.63, 3.8) is 0 Å². The van der Waals surface area contributed by atoms with Crippen molar-refractivity contribution in [3.05, 3.63) is 58.6 Å². The van der Waals surface area contributed by atoms with Crippen LogP contribution in [0.15, 0.2) is 53.0 Å². The third-order valence-electron chi connectivity index (χ3n) is 3.23. The molecule has 2 aromatic rings. The summed E-state index contributed by atoms with van der Waals surface area (Å²) in [6.45, 7) is 4.93. The monoisotopic (exact) mass is 346 g/mol. The summed E-state index contributed by atoms with van der Waals surface area (Å²) in [6, 6.07) is 15.8. The SMILES string of the molecule is CCN(C(=O)CNc1ccccc1Br)c1cccc(C)c1. The molecule has 0 aliphatic carbocycles. The van der Waals surface area contributed by atoms with Gasteiger partial charge >= 0.3 is 0 Å².